The molecule has 0 bridgehead atoms. The molecule has 17 nitrogen and oxygen atoms in total. The standard InChI is InChI=1S/C28H28N8O9S2/c1-4-13(32-21(38)14-8-16(37)11-6-5-7-30-20(11)31-14)12-9-46-24-18(23(40)36(24)19(12)25(41)42)34-22(39)17(15-10-47-27(29)33-15)35-45-28(2,3)26(43)44/h5-8,10,13,18,24H,4,9H2,1-3H3,(H2,29,33)(H,32,38)(H,34,39)(H,41,42)(H,43,44)(H,30,31,37)/b35-17-/t13?,18?,24-/m0/s1. The zero-order valence-electron chi connectivity index (χ0n) is 25.0. The molecule has 47 heavy (non-hydrogen) atoms. The lowest BCUT2D eigenvalue weighted by molar-refractivity contribution is -0.161. The number of carbonyl (C=O) groups is 5. The van der Waals surface area contributed by atoms with Gasteiger partial charge in [0, 0.05) is 23.4 Å². The van der Waals surface area contributed by atoms with Crippen molar-refractivity contribution in [1.82, 2.24) is 30.5 Å². The number of fused-ring (bicyclic) bond motifs is 2. The van der Waals surface area contributed by atoms with Gasteiger partial charge < -0.3 is 36.4 Å². The lowest BCUT2D eigenvalue weighted by Gasteiger charge is -2.50. The fourth-order valence-electron chi connectivity index (χ4n) is 4.79. The Kier molecular flexibility index (Phi) is 9.03. The smallest absolute Gasteiger partial charge is 0.352 e. The molecule has 0 aliphatic carbocycles. The van der Waals surface area contributed by atoms with Crippen molar-refractivity contribution in [2.75, 3.05) is 11.5 Å². The number of nitrogens with zero attached hydrogens (tertiary/aromatic N) is 4. The number of aromatic amines is 1. The van der Waals surface area contributed by atoms with Gasteiger partial charge in [-0.2, -0.15) is 0 Å². The van der Waals surface area contributed by atoms with E-state index in [2.05, 4.69) is 30.7 Å². The Morgan fingerprint density at radius 1 is 1.28 bits per heavy atom. The number of thioether (sulfide) groups is 1. The van der Waals surface area contributed by atoms with Crippen molar-refractivity contribution in [1.29, 1.82) is 0 Å². The first-order chi connectivity index (χ1) is 22.2. The summed E-state index contributed by atoms with van der Waals surface area (Å²) in [4.78, 5) is 93.4. The molecule has 19 heteroatoms. The number of rotatable bonds is 11. The maximum absolute atomic E-state index is 13.4. The molecule has 3 aromatic heterocycles. The van der Waals surface area contributed by atoms with Gasteiger partial charge in [-0.25, -0.2) is 19.6 Å². The highest BCUT2D eigenvalue weighted by atomic mass is 32.2. The van der Waals surface area contributed by atoms with Crippen LogP contribution in [-0.4, -0.2) is 94.2 Å². The fraction of sp³-hybridized carbons (Fsp3) is 0.321. The highest BCUT2D eigenvalue weighted by molar-refractivity contribution is 8.00. The van der Waals surface area contributed by atoms with Crippen LogP contribution in [0.4, 0.5) is 5.13 Å². The van der Waals surface area contributed by atoms with E-state index in [-0.39, 0.29) is 45.6 Å². The maximum Gasteiger partial charge on any atom is 0.352 e. The van der Waals surface area contributed by atoms with Gasteiger partial charge in [-0.3, -0.25) is 24.1 Å². The van der Waals surface area contributed by atoms with Gasteiger partial charge in [-0.05, 0) is 38.0 Å². The SMILES string of the molecule is CCC(NC(=O)c1cc(=O)c2cccnc2[nH]1)C1=C(C(=O)O)N2C(=O)C(NC(=O)/C(=N\OC(C)(C)C(=O)O)c3csc(N)n3)[C@@H]2SC1. The number of nitrogens with two attached hydrogens (primary N) is 1. The number of anilines is 1. The van der Waals surface area contributed by atoms with E-state index in [1.54, 1.807) is 19.1 Å². The van der Waals surface area contributed by atoms with Gasteiger partial charge in [0.1, 0.15) is 34.1 Å². The van der Waals surface area contributed by atoms with Crippen molar-refractivity contribution < 1.29 is 39.0 Å². The summed E-state index contributed by atoms with van der Waals surface area (Å²) in [6.07, 6.45) is 1.72. The van der Waals surface area contributed by atoms with Gasteiger partial charge in [0.2, 0.25) is 5.60 Å². The van der Waals surface area contributed by atoms with Crippen LogP contribution in [0.1, 0.15) is 43.4 Å². The summed E-state index contributed by atoms with van der Waals surface area (Å²) in [6, 6.07) is 2.28. The first-order valence-electron chi connectivity index (χ1n) is 13.9. The van der Waals surface area contributed by atoms with E-state index >= 15 is 0 Å². The minimum absolute atomic E-state index is 0.0235. The number of hydrogen-bond donors (Lipinski definition) is 6. The molecule has 0 aromatic carbocycles. The summed E-state index contributed by atoms with van der Waals surface area (Å²) in [7, 11) is 0. The average Bonchev–Trinajstić information content (AvgIpc) is 3.46. The molecule has 2 aliphatic heterocycles. The number of oxime groups is 1. The summed E-state index contributed by atoms with van der Waals surface area (Å²) in [5, 5.41) is 29.5. The predicted molar refractivity (Wildman–Crippen MR) is 169 cm³/mol. The van der Waals surface area contributed by atoms with Gasteiger partial charge >= 0.3 is 11.9 Å². The Hall–Kier alpha value is -5.30. The number of amides is 3. The van der Waals surface area contributed by atoms with Crippen LogP contribution in [0.15, 0.2) is 51.0 Å². The summed E-state index contributed by atoms with van der Waals surface area (Å²) in [6.45, 7) is 4.16. The third-order valence-electron chi connectivity index (χ3n) is 7.33. The Morgan fingerprint density at radius 2 is 2.02 bits per heavy atom. The molecule has 2 unspecified atom stereocenters. The maximum atomic E-state index is 13.4. The molecule has 246 valence electrons. The molecule has 0 spiro atoms. The first-order valence-corrected chi connectivity index (χ1v) is 15.9. The van der Waals surface area contributed by atoms with E-state index in [4.69, 9.17) is 10.6 Å². The van der Waals surface area contributed by atoms with Crippen LogP contribution in [0.2, 0.25) is 0 Å². The molecule has 3 aromatic rings. The number of thiazole rings is 1. The number of nitrogens with one attached hydrogen (secondary N) is 3. The van der Waals surface area contributed by atoms with Gasteiger partial charge in [0.15, 0.2) is 16.3 Å². The van der Waals surface area contributed by atoms with Crippen LogP contribution in [-0.2, 0) is 24.0 Å². The van der Waals surface area contributed by atoms with Crippen molar-refractivity contribution in [2.45, 2.75) is 50.3 Å². The van der Waals surface area contributed by atoms with Crippen LogP contribution in [0, 0.1) is 0 Å². The number of hydrogen-bond acceptors (Lipinski definition) is 13. The van der Waals surface area contributed by atoms with Crippen molar-refractivity contribution in [2.24, 2.45) is 5.16 Å². The first kappa shape index (κ1) is 33.1. The van der Waals surface area contributed by atoms with Crippen LogP contribution < -0.4 is 21.8 Å². The molecule has 1 fully saturated rings. The zero-order valence-corrected chi connectivity index (χ0v) is 26.6. The molecule has 7 N–H and O–H groups in total. The minimum atomic E-state index is -1.81. The number of aromatic nitrogens is 3. The van der Waals surface area contributed by atoms with E-state index in [0.29, 0.717) is 5.39 Å². The normalized spacial score (nSPS) is 18.7. The van der Waals surface area contributed by atoms with Crippen molar-refractivity contribution in [3.05, 3.63) is 62.7 Å². The van der Waals surface area contributed by atoms with Crippen molar-refractivity contribution in [3.63, 3.8) is 0 Å². The number of carbonyl (C=O) groups excluding carboxylic acids is 3. The quantitative estimate of drug-likeness (QED) is 0.0914. The third-order valence-corrected chi connectivity index (χ3v) is 9.30. The van der Waals surface area contributed by atoms with Gasteiger partial charge in [0.05, 0.1) is 11.4 Å². The molecule has 0 saturated carbocycles. The molecule has 0 radical (unpaired) electrons. The number of β-lactam (4-membered cyclic amide) rings is 1. The van der Waals surface area contributed by atoms with Crippen LogP contribution in [0.5, 0.6) is 0 Å². The number of carboxylic acids is 2. The van der Waals surface area contributed by atoms with Crippen molar-refractivity contribution >= 4 is 74.6 Å². The van der Waals surface area contributed by atoms with Gasteiger partial charge in [0.25, 0.3) is 17.7 Å². The molecule has 2 aliphatic rings. The number of aliphatic carboxylic acids is 2. The Bertz CT molecular complexity index is 1940. The summed E-state index contributed by atoms with van der Waals surface area (Å²) in [5.74, 6) is -5.02. The molecule has 1 saturated heterocycles. The van der Waals surface area contributed by atoms with Crippen LogP contribution in [0.3, 0.4) is 0 Å². The largest absolute Gasteiger partial charge is 0.478 e. The lowest BCUT2D eigenvalue weighted by atomic mass is 9.97. The zero-order chi connectivity index (χ0) is 34.2. The Morgan fingerprint density at radius 3 is 2.66 bits per heavy atom. The molecular weight excluding hydrogens is 656 g/mol. The van der Waals surface area contributed by atoms with E-state index < -0.39 is 63.9 Å². The summed E-state index contributed by atoms with van der Waals surface area (Å²) >= 11 is 2.16. The highest BCUT2D eigenvalue weighted by Gasteiger charge is 2.55. The van der Waals surface area contributed by atoms with Gasteiger partial charge in [-0.15, -0.1) is 23.1 Å². The highest BCUT2D eigenvalue weighted by Crippen LogP contribution is 2.41. The van der Waals surface area contributed by atoms with Crippen LogP contribution >= 0.6 is 23.1 Å². The number of nitrogen functional groups attached to an aromatic ring is 1. The van der Waals surface area contributed by atoms with E-state index in [1.165, 1.54) is 37.2 Å². The minimum Gasteiger partial charge on any atom is -0.478 e. The van der Waals surface area contributed by atoms with Crippen LogP contribution in [0.25, 0.3) is 11.0 Å². The third kappa shape index (κ3) is 6.39. The predicted octanol–water partition coefficient (Wildman–Crippen LogP) is 0.493. The number of pyridine rings is 2. The Balaban J connectivity index is 1.37. The topological polar surface area (TPSA) is 259 Å². The molecular formula is C28H28N8O9S2. The average molecular weight is 685 g/mol. The second kappa shape index (κ2) is 12.8. The second-order valence-electron chi connectivity index (χ2n) is 10.8. The van der Waals surface area contributed by atoms with Crippen molar-refractivity contribution in [3.8, 4) is 0 Å². The number of H-pyrrole nitrogens is 1. The van der Waals surface area contributed by atoms with E-state index in [9.17, 15) is 39.0 Å². The summed E-state index contributed by atoms with van der Waals surface area (Å²) < 4.78 is 0. The van der Waals surface area contributed by atoms with E-state index in [0.717, 1.165) is 22.3 Å². The molecule has 5 heterocycles. The monoisotopic (exact) mass is 684 g/mol. The van der Waals surface area contributed by atoms with E-state index in [1.807, 2.05) is 0 Å². The second-order valence-corrected chi connectivity index (χ2v) is 12.8. The lowest BCUT2D eigenvalue weighted by Crippen LogP contribution is -2.71. The fourth-order valence-corrected chi connectivity index (χ4v) is 6.76. The molecule has 3 amide bonds. The summed E-state index contributed by atoms with van der Waals surface area (Å²) in [5.41, 5.74) is 3.07. The van der Waals surface area contributed by atoms with Gasteiger partial charge in [-0.1, -0.05) is 12.1 Å². The molecule has 3 atom stereocenters. The Labute approximate surface area is 273 Å². The molecule has 5 rings (SSSR count). The number of carboxylic acid groups (broad SMARTS) is 2.